The predicted octanol–water partition coefficient (Wildman–Crippen LogP) is 2.80. The van der Waals surface area contributed by atoms with Crippen molar-refractivity contribution in [1.82, 2.24) is 15.4 Å². The molecule has 0 spiro atoms. The largest absolute Gasteiger partial charge is 0.507 e. The van der Waals surface area contributed by atoms with Crippen LogP contribution in [0, 0.1) is 13.8 Å². The number of carbonyl (C=O) groups is 1. The molecule has 1 amide bonds. The average Bonchev–Trinajstić information content (AvgIpc) is 2.48. The molecule has 0 fully saturated rings. The summed E-state index contributed by atoms with van der Waals surface area (Å²) in [6.45, 7) is 3.77. The number of aromatic nitrogens is 2. The summed E-state index contributed by atoms with van der Waals surface area (Å²) in [5.74, 6) is -0.0299. The second kappa shape index (κ2) is 8.07. The summed E-state index contributed by atoms with van der Waals surface area (Å²) >= 11 is 4.55. The van der Waals surface area contributed by atoms with Crippen LogP contribution in [0.2, 0.25) is 0 Å². The number of phenols is 1. The van der Waals surface area contributed by atoms with E-state index in [1.165, 1.54) is 18.0 Å². The monoisotopic (exact) mass is 394 g/mol. The zero-order valence-electron chi connectivity index (χ0n) is 12.6. The van der Waals surface area contributed by atoms with E-state index in [9.17, 15) is 9.90 Å². The number of halogens is 1. The molecule has 2 N–H and O–H groups in total. The van der Waals surface area contributed by atoms with Crippen molar-refractivity contribution in [2.24, 2.45) is 5.10 Å². The number of phenolic OH excluding ortho intramolecular Hbond substituents is 1. The third kappa shape index (κ3) is 5.65. The molecule has 120 valence electrons. The molecule has 23 heavy (non-hydrogen) atoms. The lowest BCUT2D eigenvalue weighted by Crippen LogP contribution is -2.19. The highest BCUT2D eigenvalue weighted by molar-refractivity contribution is 9.10. The minimum absolute atomic E-state index is 0.0872. The van der Waals surface area contributed by atoms with E-state index in [-0.39, 0.29) is 17.4 Å². The van der Waals surface area contributed by atoms with Gasteiger partial charge in [0, 0.05) is 21.4 Å². The molecule has 1 aromatic carbocycles. The van der Waals surface area contributed by atoms with E-state index in [0.717, 1.165) is 15.9 Å². The molecule has 0 atom stereocenters. The van der Waals surface area contributed by atoms with Crippen molar-refractivity contribution in [3.05, 3.63) is 45.7 Å². The highest BCUT2D eigenvalue weighted by Gasteiger charge is 2.05. The van der Waals surface area contributed by atoms with Crippen LogP contribution in [0.15, 0.2) is 39.0 Å². The number of hydrazone groups is 1. The van der Waals surface area contributed by atoms with Crippen molar-refractivity contribution < 1.29 is 9.90 Å². The molecule has 0 aliphatic rings. The number of rotatable bonds is 5. The molecule has 1 heterocycles. The van der Waals surface area contributed by atoms with Crippen LogP contribution in [0.25, 0.3) is 0 Å². The molecule has 2 rings (SSSR count). The third-order valence-corrected chi connectivity index (χ3v) is 4.02. The Labute approximate surface area is 146 Å². The van der Waals surface area contributed by atoms with E-state index in [0.29, 0.717) is 10.7 Å². The highest BCUT2D eigenvalue weighted by Crippen LogP contribution is 2.20. The molecule has 8 heteroatoms. The van der Waals surface area contributed by atoms with Gasteiger partial charge in [0.25, 0.3) is 5.91 Å². The molecule has 0 saturated carbocycles. The van der Waals surface area contributed by atoms with Crippen LogP contribution in [0.4, 0.5) is 0 Å². The van der Waals surface area contributed by atoms with Gasteiger partial charge >= 0.3 is 0 Å². The molecule has 0 aliphatic heterocycles. The number of amides is 1. The molecule has 1 aromatic heterocycles. The van der Waals surface area contributed by atoms with E-state index in [1.807, 2.05) is 19.9 Å². The first-order valence-corrected chi connectivity index (χ1v) is 8.47. The van der Waals surface area contributed by atoms with Crippen molar-refractivity contribution >= 4 is 39.8 Å². The third-order valence-electron chi connectivity index (χ3n) is 2.68. The summed E-state index contributed by atoms with van der Waals surface area (Å²) in [5.41, 5.74) is 4.64. The summed E-state index contributed by atoms with van der Waals surface area (Å²) in [4.78, 5) is 20.3. The smallest absolute Gasteiger partial charge is 0.250 e. The fourth-order valence-electron chi connectivity index (χ4n) is 1.72. The molecule has 0 saturated heterocycles. The summed E-state index contributed by atoms with van der Waals surface area (Å²) in [7, 11) is 0. The number of hydrogen-bond acceptors (Lipinski definition) is 6. The number of nitrogens with zero attached hydrogens (tertiary/aromatic N) is 3. The predicted molar refractivity (Wildman–Crippen MR) is 93.8 cm³/mol. The minimum atomic E-state index is -0.275. The second-order valence-corrected chi connectivity index (χ2v) is 6.58. The summed E-state index contributed by atoms with van der Waals surface area (Å²) in [5, 5.41) is 14.1. The maximum atomic E-state index is 11.8. The molecule has 0 bridgehead atoms. The Morgan fingerprint density at radius 2 is 2.04 bits per heavy atom. The lowest BCUT2D eigenvalue weighted by Gasteiger charge is -2.02. The Hall–Kier alpha value is -1.93. The van der Waals surface area contributed by atoms with Crippen LogP contribution >= 0.6 is 27.7 Å². The molecular formula is C15H15BrN4O2S. The zero-order valence-corrected chi connectivity index (χ0v) is 15.0. The van der Waals surface area contributed by atoms with Crippen LogP contribution in [0.5, 0.6) is 5.75 Å². The van der Waals surface area contributed by atoms with Gasteiger partial charge in [-0.05, 0) is 38.1 Å². The maximum absolute atomic E-state index is 11.8. The van der Waals surface area contributed by atoms with Crippen LogP contribution in [-0.4, -0.2) is 32.9 Å². The number of aromatic hydroxyl groups is 1. The molecule has 0 radical (unpaired) electrons. The van der Waals surface area contributed by atoms with Gasteiger partial charge in [-0.1, -0.05) is 27.7 Å². The first-order chi connectivity index (χ1) is 10.9. The molecule has 0 unspecified atom stereocenters. The Morgan fingerprint density at radius 3 is 2.74 bits per heavy atom. The molecule has 0 aliphatic carbocycles. The van der Waals surface area contributed by atoms with Crippen molar-refractivity contribution in [3.8, 4) is 5.75 Å². The first kappa shape index (κ1) is 17.4. The number of aryl methyl sites for hydroxylation is 2. The minimum Gasteiger partial charge on any atom is -0.507 e. The number of hydrogen-bond donors (Lipinski definition) is 2. The van der Waals surface area contributed by atoms with E-state index < -0.39 is 0 Å². The van der Waals surface area contributed by atoms with Crippen molar-refractivity contribution in [2.45, 2.75) is 19.0 Å². The van der Waals surface area contributed by atoms with Gasteiger partial charge in [-0.3, -0.25) is 4.79 Å². The van der Waals surface area contributed by atoms with E-state index in [2.05, 4.69) is 36.4 Å². The van der Waals surface area contributed by atoms with E-state index in [1.54, 1.807) is 18.2 Å². The van der Waals surface area contributed by atoms with Gasteiger partial charge in [0.05, 0.1) is 12.0 Å². The van der Waals surface area contributed by atoms with Crippen LogP contribution in [-0.2, 0) is 4.79 Å². The van der Waals surface area contributed by atoms with Gasteiger partial charge in [-0.2, -0.15) is 5.10 Å². The molecule has 2 aromatic rings. The van der Waals surface area contributed by atoms with Crippen LogP contribution < -0.4 is 5.43 Å². The fraction of sp³-hybridized carbons (Fsp3) is 0.200. The average molecular weight is 395 g/mol. The maximum Gasteiger partial charge on any atom is 0.250 e. The normalized spacial score (nSPS) is 10.9. The molecule has 6 nitrogen and oxygen atoms in total. The summed E-state index contributed by atoms with van der Waals surface area (Å²) < 4.78 is 0.811. The topological polar surface area (TPSA) is 87.5 Å². The Kier molecular flexibility index (Phi) is 6.12. The standard InChI is InChI=1S/C15H15BrN4O2S/c1-9-5-10(2)19-15(18-9)23-8-14(22)20-17-7-11-6-12(16)3-4-13(11)21/h3-7,21H,8H2,1-2H3,(H,20,22)/b17-7-. The van der Waals surface area contributed by atoms with Gasteiger partial charge in [-0.15, -0.1) is 0 Å². The summed E-state index contributed by atoms with van der Waals surface area (Å²) in [6, 6.07) is 6.83. The Balaban J connectivity index is 1.87. The van der Waals surface area contributed by atoms with Gasteiger partial charge in [0.1, 0.15) is 5.75 Å². The van der Waals surface area contributed by atoms with Crippen LogP contribution in [0.3, 0.4) is 0 Å². The van der Waals surface area contributed by atoms with Crippen molar-refractivity contribution in [2.75, 3.05) is 5.75 Å². The summed E-state index contributed by atoms with van der Waals surface area (Å²) in [6.07, 6.45) is 1.38. The second-order valence-electron chi connectivity index (χ2n) is 4.72. The number of nitrogens with one attached hydrogen (secondary N) is 1. The highest BCUT2D eigenvalue weighted by atomic mass is 79.9. The number of benzene rings is 1. The quantitative estimate of drug-likeness (QED) is 0.352. The zero-order chi connectivity index (χ0) is 16.8. The first-order valence-electron chi connectivity index (χ1n) is 6.69. The Morgan fingerprint density at radius 1 is 1.35 bits per heavy atom. The number of thioether (sulfide) groups is 1. The number of carbonyl (C=O) groups excluding carboxylic acids is 1. The Bertz CT molecular complexity index is 732. The van der Waals surface area contributed by atoms with E-state index in [4.69, 9.17) is 0 Å². The SMILES string of the molecule is Cc1cc(C)nc(SCC(=O)N/N=C\c2cc(Br)ccc2O)n1. The van der Waals surface area contributed by atoms with E-state index >= 15 is 0 Å². The fourth-order valence-corrected chi connectivity index (χ4v) is 2.84. The van der Waals surface area contributed by atoms with Crippen LogP contribution in [0.1, 0.15) is 17.0 Å². The molecular weight excluding hydrogens is 380 g/mol. The van der Waals surface area contributed by atoms with Crippen molar-refractivity contribution in [3.63, 3.8) is 0 Å². The van der Waals surface area contributed by atoms with Gasteiger partial charge in [0.15, 0.2) is 5.16 Å². The van der Waals surface area contributed by atoms with Crippen molar-refractivity contribution in [1.29, 1.82) is 0 Å². The van der Waals surface area contributed by atoms with Gasteiger partial charge in [-0.25, -0.2) is 15.4 Å². The van der Waals surface area contributed by atoms with Gasteiger partial charge in [0.2, 0.25) is 0 Å². The lowest BCUT2D eigenvalue weighted by molar-refractivity contribution is -0.118. The lowest BCUT2D eigenvalue weighted by atomic mass is 10.2. The van der Waals surface area contributed by atoms with Gasteiger partial charge < -0.3 is 5.11 Å².